The molecule has 4 aliphatic rings. The Kier molecular flexibility index (Phi) is 6.43. The monoisotopic (exact) mass is 503 g/mol. The lowest BCUT2D eigenvalue weighted by atomic mass is 9.59. The van der Waals surface area contributed by atoms with Gasteiger partial charge in [-0.3, -0.25) is 28.9 Å². The van der Waals surface area contributed by atoms with Crippen LogP contribution in [0.5, 0.6) is 5.75 Å². The maximum atomic E-state index is 13.6. The number of carbonyl (C=O) groups is 5. The molecule has 0 aromatic heterocycles. The van der Waals surface area contributed by atoms with Crippen LogP contribution in [0.1, 0.15) is 56.9 Å². The zero-order chi connectivity index (χ0) is 26.4. The Morgan fingerprint density at radius 2 is 1.73 bits per heavy atom. The first kappa shape index (κ1) is 24.9. The van der Waals surface area contributed by atoms with E-state index in [1.807, 2.05) is 6.08 Å². The Balaban J connectivity index is 1.48. The number of amides is 2. The summed E-state index contributed by atoms with van der Waals surface area (Å²) in [5, 5.41) is 18.6. The molecule has 0 saturated carbocycles. The van der Waals surface area contributed by atoms with Gasteiger partial charge in [0.1, 0.15) is 5.75 Å². The van der Waals surface area contributed by atoms with Gasteiger partial charge in [-0.2, -0.15) is 0 Å². The maximum absolute atomic E-state index is 13.6. The van der Waals surface area contributed by atoms with Crippen molar-refractivity contribution in [2.45, 2.75) is 51.4 Å². The third-order valence-electron chi connectivity index (χ3n) is 8.15. The number of phenolic OH excluding ortho intramolecular Hbond substituents is 1. The van der Waals surface area contributed by atoms with Crippen LogP contribution in [0.4, 0.5) is 0 Å². The van der Waals surface area contributed by atoms with Gasteiger partial charge in [0.15, 0.2) is 11.6 Å². The molecule has 0 radical (unpaired) electrons. The van der Waals surface area contributed by atoms with Gasteiger partial charge in [-0.15, -0.1) is 0 Å². The van der Waals surface area contributed by atoms with Crippen LogP contribution in [0.3, 0.4) is 0 Å². The summed E-state index contributed by atoms with van der Waals surface area (Å²) in [6.45, 7) is 1.87. The molecule has 37 heavy (non-hydrogen) atoms. The van der Waals surface area contributed by atoms with Crippen molar-refractivity contribution in [3.05, 3.63) is 64.3 Å². The molecule has 1 aromatic carbocycles. The second-order valence-corrected chi connectivity index (χ2v) is 10.4. The molecule has 2 amide bonds. The third-order valence-corrected chi connectivity index (χ3v) is 8.15. The summed E-state index contributed by atoms with van der Waals surface area (Å²) in [6, 6.07) is 6.54. The molecule has 1 saturated heterocycles. The number of carboxylic acids is 1. The summed E-state index contributed by atoms with van der Waals surface area (Å²) < 4.78 is 0. The number of nitrogens with zero attached hydrogens (tertiary/aromatic N) is 1. The number of Topliss-reactive ketones (excluding diaryl/α,β-unsaturated/α-hetero) is 1. The summed E-state index contributed by atoms with van der Waals surface area (Å²) in [7, 11) is 0. The highest BCUT2D eigenvalue weighted by atomic mass is 16.4. The van der Waals surface area contributed by atoms with Crippen molar-refractivity contribution in [1.82, 2.24) is 4.90 Å². The van der Waals surface area contributed by atoms with Crippen LogP contribution in [0.25, 0.3) is 0 Å². The fourth-order valence-electron chi connectivity index (χ4n) is 6.44. The van der Waals surface area contributed by atoms with Gasteiger partial charge in [-0.1, -0.05) is 30.2 Å². The summed E-state index contributed by atoms with van der Waals surface area (Å²) in [5.74, 6) is -3.69. The molecule has 8 heteroatoms. The highest BCUT2D eigenvalue weighted by Crippen LogP contribution is 2.55. The predicted molar refractivity (Wildman–Crippen MR) is 132 cm³/mol. The lowest BCUT2D eigenvalue weighted by molar-refractivity contribution is -0.141. The van der Waals surface area contributed by atoms with E-state index in [2.05, 4.69) is 0 Å². The molecule has 1 heterocycles. The van der Waals surface area contributed by atoms with E-state index in [9.17, 15) is 29.1 Å². The highest BCUT2D eigenvalue weighted by molar-refractivity contribution is 6.23. The molecule has 2 N–H and O–H groups in total. The number of aromatic hydroxyl groups is 1. The maximum Gasteiger partial charge on any atom is 0.303 e. The van der Waals surface area contributed by atoms with Crippen LogP contribution >= 0.6 is 0 Å². The van der Waals surface area contributed by atoms with Crippen LogP contribution in [0.2, 0.25) is 0 Å². The Morgan fingerprint density at radius 1 is 1.00 bits per heavy atom. The second kappa shape index (κ2) is 9.57. The number of unbranched alkanes of at least 4 members (excludes halogenated alkanes) is 2. The molecular weight excluding hydrogens is 474 g/mol. The summed E-state index contributed by atoms with van der Waals surface area (Å²) in [5.41, 5.74) is 2.84. The topological polar surface area (TPSA) is 129 Å². The number of allylic oxidation sites excluding steroid dienone is 6. The van der Waals surface area contributed by atoms with Crippen molar-refractivity contribution >= 4 is 29.4 Å². The molecule has 8 nitrogen and oxygen atoms in total. The molecule has 1 fully saturated rings. The van der Waals surface area contributed by atoms with Crippen molar-refractivity contribution in [3.63, 3.8) is 0 Å². The Hall–Kier alpha value is -3.81. The van der Waals surface area contributed by atoms with Crippen LogP contribution in [-0.2, 0) is 24.0 Å². The van der Waals surface area contributed by atoms with E-state index in [0.29, 0.717) is 42.4 Å². The standard InChI is InChI=1S/C29H29NO7/c1-15-13-22(32)26-21(27(15)35)14-20-18(24(26)16-6-8-17(31)9-7-16)10-11-19-25(20)29(37)30(28(19)36)12-4-2-3-5-23(33)34/h6-10,13,19-20,24-25,31H,2-5,11-12,14H2,1H3,(H,33,34). The first-order valence-corrected chi connectivity index (χ1v) is 12.7. The van der Waals surface area contributed by atoms with Gasteiger partial charge in [-0.25, -0.2) is 0 Å². The molecule has 1 aromatic rings. The van der Waals surface area contributed by atoms with Crippen LogP contribution in [0, 0.1) is 17.8 Å². The Labute approximate surface area is 214 Å². The van der Waals surface area contributed by atoms with E-state index in [0.717, 1.165) is 11.1 Å². The van der Waals surface area contributed by atoms with Gasteiger partial charge in [-0.05, 0) is 62.3 Å². The number of benzene rings is 1. The van der Waals surface area contributed by atoms with Crippen LogP contribution in [0.15, 0.2) is 58.7 Å². The normalized spacial score (nSPS) is 27.0. The van der Waals surface area contributed by atoms with E-state index in [-0.39, 0.29) is 54.4 Å². The molecule has 1 aliphatic heterocycles. The number of phenols is 1. The largest absolute Gasteiger partial charge is 0.508 e. The highest BCUT2D eigenvalue weighted by Gasteiger charge is 2.56. The molecule has 3 aliphatic carbocycles. The summed E-state index contributed by atoms with van der Waals surface area (Å²) >= 11 is 0. The van der Waals surface area contributed by atoms with Gasteiger partial charge in [0, 0.05) is 35.6 Å². The fraction of sp³-hybridized carbons (Fsp3) is 0.414. The minimum absolute atomic E-state index is 0.0548. The first-order chi connectivity index (χ1) is 17.7. The van der Waals surface area contributed by atoms with Crippen LogP contribution < -0.4 is 0 Å². The molecule has 0 spiro atoms. The van der Waals surface area contributed by atoms with E-state index in [1.165, 1.54) is 23.1 Å². The summed E-state index contributed by atoms with van der Waals surface area (Å²) in [6.07, 6.45) is 5.64. The molecular formula is C29H29NO7. The van der Waals surface area contributed by atoms with E-state index in [1.54, 1.807) is 19.1 Å². The molecule has 192 valence electrons. The fourth-order valence-corrected chi connectivity index (χ4v) is 6.44. The van der Waals surface area contributed by atoms with Gasteiger partial charge in [0.05, 0.1) is 11.8 Å². The number of likely N-dealkylation sites (tertiary alicyclic amines) is 1. The number of fused-ring (bicyclic) bond motifs is 3. The van der Waals surface area contributed by atoms with Gasteiger partial charge in [0.2, 0.25) is 11.8 Å². The number of carboxylic acid groups (broad SMARTS) is 1. The minimum atomic E-state index is -0.868. The Bertz CT molecular complexity index is 1300. The number of ketones is 2. The average molecular weight is 504 g/mol. The van der Waals surface area contributed by atoms with Gasteiger partial charge >= 0.3 is 5.97 Å². The zero-order valence-electron chi connectivity index (χ0n) is 20.6. The van der Waals surface area contributed by atoms with E-state index in [4.69, 9.17) is 5.11 Å². The smallest absolute Gasteiger partial charge is 0.303 e. The minimum Gasteiger partial charge on any atom is -0.508 e. The summed E-state index contributed by atoms with van der Waals surface area (Å²) in [4.78, 5) is 65.3. The molecule has 4 unspecified atom stereocenters. The third kappa shape index (κ3) is 4.24. The van der Waals surface area contributed by atoms with E-state index < -0.39 is 23.7 Å². The van der Waals surface area contributed by atoms with Gasteiger partial charge < -0.3 is 10.2 Å². The molecule has 0 bridgehead atoms. The average Bonchev–Trinajstić information content (AvgIpc) is 3.11. The number of imide groups is 1. The number of carbonyl (C=O) groups excluding carboxylic acids is 4. The van der Waals surface area contributed by atoms with Crippen molar-refractivity contribution < 1.29 is 34.2 Å². The van der Waals surface area contributed by atoms with Crippen molar-refractivity contribution in [2.24, 2.45) is 17.8 Å². The van der Waals surface area contributed by atoms with Crippen molar-refractivity contribution in [2.75, 3.05) is 6.54 Å². The van der Waals surface area contributed by atoms with E-state index >= 15 is 0 Å². The first-order valence-electron chi connectivity index (χ1n) is 12.7. The molecule has 4 atom stereocenters. The lowest BCUT2D eigenvalue weighted by Gasteiger charge is -2.42. The van der Waals surface area contributed by atoms with Crippen LogP contribution in [-0.4, -0.2) is 51.0 Å². The lowest BCUT2D eigenvalue weighted by Crippen LogP contribution is -2.39. The number of rotatable bonds is 7. The number of aliphatic carboxylic acids is 1. The van der Waals surface area contributed by atoms with Crippen molar-refractivity contribution in [3.8, 4) is 5.75 Å². The second-order valence-electron chi connectivity index (χ2n) is 10.4. The SMILES string of the molecule is CC1=CC(=O)C2=C(CC3C(=CCC4C(=O)N(CCCCCC(=O)O)C(=O)C43)C2c2ccc(O)cc2)C1=O. The zero-order valence-corrected chi connectivity index (χ0v) is 20.6. The quantitative estimate of drug-likeness (QED) is 0.252. The molecule has 5 rings (SSSR count). The predicted octanol–water partition coefficient (Wildman–Crippen LogP) is 3.47. The number of hydrogen-bond donors (Lipinski definition) is 2. The Morgan fingerprint density at radius 3 is 2.43 bits per heavy atom. The van der Waals surface area contributed by atoms with Gasteiger partial charge in [0.25, 0.3) is 0 Å². The van der Waals surface area contributed by atoms with Crippen molar-refractivity contribution in [1.29, 1.82) is 0 Å². The number of hydrogen-bond acceptors (Lipinski definition) is 6.